The number of alkyl halides is 2. The van der Waals surface area contributed by atoms with Crippen LogP contribution in [0.3, 0.4) is 0 Å². The normalized spacial score (nSPS) is 23.7. The van der Waals surface area contributed by atoms with Gasteiger partial charge in [-0.05, 0) is 39.5 Å². The molecule has 6 heteroatoms. The topological polar surface area (TPSA) is 50.4 Å². The van der Waals surface area contributed by atoms with Gasteiger partial charge in [-0.2, -0.15) is 0 Å². The maximum absolute atomic E-state index is 12.3. The Kier molecular flexibility index (Phi) is 6.65. The second-order valence-corrected chi connectivity index (χ2v) is 6.33. The highest BCUT2D eigenvalue weighted by atomic mass is 19.3. The molecule has 0 aromatic rings. The van der Waals surface area contributed by atoms with Gasteiger partial charge in [-0.1, -0.05) is 12.8 Å². The van der Waals surface area contributed by atoms with Crippen molar-refractivity contribution in [3.63, 3.8) is 0 Å². The number of hydrogen-bond donors (Lipinski definition) is 2. The van der Waals surface area contributed by atoms with E-state index in [0.29, 0.717) is 6.54 Å². The smallest absolute Gasteiger partial charge is 0.407 e. The molecule has 4 nitrogen and oxygen atoms in total. The van der Waals surface area contributed by atoms with Gasteiger partial charge in [0.2, 0.25) is 0 Å². The lowest BCUT2D eigenvalue weighted by Gasteiger charge is -2.32. The van der Waals surface area contributed by atoms with Crippen LogP contribution in [-0.4, -0.2) is 37.3 Å². The third kappa shape index (κ3) is 7.03. The van der Waals surface area contributed by atoms with Gasteiger partial charge in [-0.15, -0.1) is 0 Å². The molecule has 1 aliphatic carbocycles. The molecule has 2 unspecified atom stereocenters. The maximum atomic E-state index is 12.3. The van der Waals surface area contributed by atoms with Crippen molar-refractivity contribution >= 4 is 6.09 Å². The second kappa shape index (κ2) is 7.76. The molecular weight excluding hydrogens is 266 g/mol. The standard InChI is InChI=1S/C14H26F2N2O2/c1-14(2,3)20-13(19)18-8-10-6-4-5-7-11(10)17-9-12(15)16/h10-12,17H,4-9H2,1-3H3,(H,18,19). The fourth-order valence-electron chi connectivity index (χ4n) is 2.49. The summed E-state index contributed by atoms with van der Waals surface area (Å²) in [6, 6.07) is 0.0488. The second-order valence-electron chi connectivity index (χ2n) is 6.33. The summed E-state index contributed by atoms with van der Waals surface area (Å²) in [5, 5.41) is 5.64. The highest BCUT2D eigenvalue weighted by molar-refractivity contribution is 5.67. The van der Waals surface area contributed by atoms with Gasteiger partial charge in [0.25, 0.3) is 6.43 Å². The number of carbonyl (C=O) groups excluding carboxylic acids is 1. The Balaban J connectivity index is 2.36. The number of alkyl carbamates (subject to hydrolysis) is 1. The monoisotopic (exact) mass is 292 g/mol. The first-order valence-corrected chi connectivity index (χ1v) is 7.26. The first-order valence-electron chi connectivity index (χ1n) is 7.26. The Labute approximate surface area is 119 Å². The van der Waals surface area contributed by atoms with E-state index in [9.17, 15) is 13.6 Å². The van der Waals surface area contributed by atoms with Crippen molar-refractivity contribution in [3.8, 4) is 0 Å². The zero-order chi connectivity index (χ0) is 15.2. The van der Waals surface area contributed by atoms with E-state index in [1.54, 1.807) is 20.8 Å². The van der Waals surface area contributed by atoms with E-state index < -0.39 is 18.1 Å². The summed E-state index contributed by atoms with van der Waals surface area (Å²) in [5.41, 5.74) is -0.524. The number of carbonyl (C=O) groups is 1. The highest BCUT2D eigenvalue weighted by Crippen LogP contribution is 2.24. The minimum absolute atomic E-state index is 0.0488. The lowest BCUT2D eigenvalue weighted by molar-refractivity contribution is 0.0507. The maximum Gasteiger partial charge on any atom is 0.407 e. The fraction of sp³-hybridized carbons (Fsp3) is 0.929. The Bertz CT molecular complexity index is 306. The van der Waals surface area contributed by atoms with Crippen molar-refractivity contribution in [2.24, 2.45) is 5.92 Å². The minimum Gasteiger partial charge on any atom is -0.444 e. The summed E-state index contributed by atoms with van der Waals surface area (Å²) in [6.45, 7) is 5.60. The van der Waals surface area contributed by atoms with E-state index >= 15 is 0 Å². The summed E-state index contributed by atoms with van der Waals surface area (Å²) in [6.07, 6.45) is 1.16. The first-order chi connectivity index (χ1) is 9.28. The molecule has 1 fully saturated rings. The molecule has 1 rings (SSSR count). The van der Waals surface area contributed by atoms with Crippen LogP contribution in [0.2, 0.25) is 0 Å². The van der Waals surface area contributed by atoms with Crippen LogP contribution in [0.15, 0.2) is 0 Å². The summed E-state index contributed by atoms with van der Waals surface area (Å²) < 4.78 is 29.7. The number of nitrogens with one attached hydrogen (secondary N) is 2. The van der Waals surface area contributed by atoms with Crippen molar-refractivity contribution in [2.75, 3.05) is 13.1 Å². The Hall–Kier alpha value is -0.910. The first kappa shape index (κ1) is 17.1. The highest BCUT2D eigenvalue weighted by Gasteiger charge is 2.26. The molecule has 0 bridgehead atoms. The molecule has 0 aromatic carbocycles. The van der Waals surface area contributed by atoms with Crippen LogP contribution in [-0.2, 0) is 4.74 Å². The van der Waals surface area contributed by atoms with E-state index in [0.717, 1.165) is 25.7 Å². The largest absolute Gasteiger partial charge is 0.444 e. The van der Waals surface area contributed by atoms with Crippen LogP contribution in [0.1, 0.15) is 46.5 Å². The Morgan fingerprint density at radius 3 is 2.55 bits per heavy atom. The molecule has 0 radical (unpaired) electrons. The van der Waals surface area contributed by atoms with E-state index in [4.69, 9.17) is 4.74 Å². The summed E-state index contributed by atoms with van der Waals surface area (Å²) in [7, 11) is 0. The molecule has 1 amide bonds. The SMILES string of the molecule is CC(C)(C)OC(=O)NCC1CCCCC1NCC(F)F. The van der Waals surface area contributed by atoms with Crippen LogP contribution >= 0.6 is 0 Å². The van der Waals surface area contributed by atoms with Crippen LogP contribution in [0.25, 0.3) is 0 Å². The van der Waals surface area contributed by atoms with Crippen LogP contribution < -0.4 is 10.6 Å². The van der Waals surface area contributed by atoms with Gasteiger partial charge >= 0.3 is 6.09 Å². The molecule has 20 heavy (non-hydrogen) atoms. The van der Waals surface area contributed by atoms with Crippen LogP contribution in [0, 0.1) is 5.92 Å². The van der Waals surface area contributed by atoms with Crippen molar-refractivity contribution in [3.05, 3.63) is 0 Å². The van der Waals surface area contributed by atoms with Gasteiger partial charge in [0.05, 0.1) is 6.54 Å². The quantitative estimate of drug-likeness (QED) is 0.819. The molecule has 118 valence electrons. The average Bonchev–Trinajstić information content (AvgIpc) is 2.32. The van der Waals surface area contributed by atoms with Crippen LogP contribution in [0.4, 0.5) is 13.6 Å². The summed E-state index contributed by atoms with van der Waals surface area (Å²) in [4.78, 5) is 11.6. The number of rotatable bonds is 5. The zero-order valence-corrected chi connectivity index (χ0v) is 12.5. The number of hydrogen-bond acceptors (Lipinski definition) is 3. The van der Waals surface area contributed by atoms with E-state index in [-0.39, 0.29) is 18.5 Å². The van der Waals surface area contributed by atoms with E-state index in [1.165, 1.54) is 0 Å². The molecule has 2 atom stereocenters. The molecule has 1 aliphatic rings. The number of ether oxygens (including phenoxy) is 1. The van der Waals surface area contributed by atoms with Gasteiger partial charge < -0.3 is 15.4 Å². The fourth-order valence-corrected chi connectivity index (χ4v) is 2.49. The van der Waals surface area contributed by atoms with Crippen molar-refractivity contribution in [1.82, 2.24) is 10.6 Å². The lowest BCUT2D eigenvalue weighted by Crippen LogP contribution is -2.46. The van der Waals surface area contributed by atoms with Crippen LogP contribution in [0.5, 0.6) is 0 Å². The average molecular weight is 292 g/mol. The van der Waals surface area contributed by atoms with Crippen molar-refractivity contribution < 1.29 is 18.3 Å². The van der Waals surface area contributed by atoms with Crippen molar-refractivity contribution in [2.45, 2.75) is 64.5 Å². The zero-order valence-electron chi connectivity index (χ0n) is 12.5. The van der Waals surface area contributed by atoms with Gasteiger partial charge in [0.15, 0.2) is 0 Å². The van der Waals surface area contributed by atoms with E-state index in [1.807, 2.05) is 0 Å². The third-order valence-electron chi connectivity index (χ3n) is 3.35. The molecular formula is C14H26F2N2O2. The van der Waals surface area contributed by atoms with E-state index in [2.05, 4.69) is 10.6 Å². The Morgan fingerprint density at radius 1 is 1.30 bits per heavy atom. The molecule has 0 aliphatic heterocycles. The number of halogens is 2. The predicted molar refractivity (Wildman–Crippen MR) is 74.0 cm³/mol. The van der Waals surface area contributed by atoms with Gasteiger partial charge in [-0.25, -0.2) is 13.6 Å². The molecule has 0 aromatic heterocycles. The van der Waals surface area contributed by atoms with Crippen molar-refractivity contribution in [1.29, 1.82) is 0 Å². The minimum atomic E-state index is -2.34. The molecule has 2 N–H and O–H groups in total. The van der Waals surface area contributed by atoms with Gasteiger partial charge in [0, 0.05) is 12.6 Å². The Morgan fingerprint density at radius 2 is 1.95 bits per heavy atom. The van der Waals surface area contributed by atoms with Gasteiger partial charge in [-0.3, -0.25) is 0 Å². The summed E-state index contributed by atoms with van der Waals surface area (Å²) in [5.74, 6) is 0.190. The summed E-state index contributed by atoms with van der Waals surface area (Å²) >= 11 is 0. The molecule has 0 spiro atoms. The molecule has 0 saturated heterocycles. The number of amides is 1. The molecule has 1 saturated carbocycles. The predicted octanol–water partition coefficient (Wildman–Crippen LogP) is 2.92. The third-order valence-corrected chi connectivity index (χ3v) is 3.35. The van der Waals surface area contributed by atoms with Gasteiger partial charge in [0.1, 0.15) is 5.60 Å². The lowest BCUT2D eigenvalue weighted by atomic mass is 9.84. The molecule has 0 heterocycles.